The van der Waals surface area contributed by atoms with Gasteiger partial charge in [0.05, 0.1) is 19.3 Å². The average molecular weight is 267 g/mol. The van der Waals surface area contributed by atoms with E-state index in [0.717, 1.165) is 0 Å². The van der Waals surface area contributed by atoms with Gasteiger partial charge >= 0.3 is 0 Å². The number of nitrogens with zero attached hydrogens (tertiary/aromatic N) is 1. The molecule has 1 aliphatic carbocycles. The van der Waals surface area contributed by atoms with Crippen molar-refractivity contribution in [3.63, 3.8) is 0 Å². The van der Waals surface area contributed by atoms with Crippen LogP contribution in [0.5, 0.6) is 0 Å². The van der Waals surface area contributed by atoms with Crippen molar-refractivity contribution in [3.8, 4) is 0 Å². The highest BCUT2D eigenvalue weighted by molar-refractivity contribution is 5.16. The third kappa shape index (κ3) is 4.27. The number of aliphatic hydroxyl groups excluding tert-OH is 1. The van der Waals surface area contributed by atoms with Crippen LogP contribution in [-0.4, -0.2) is 42.4 Å². The minimum atomic E-state index is -0.516. The Labute approximate surface area is 114 Å². The second-order valence-corrected chi connectivity index (χ2v) is 5.28. The third-order valence-corrected chi connectivity index (χ3v) is 3.72. The van der Waals surface area contributed by atoms with E-state index in [1.807, 2.05) is 7.05 Å². The molecule has 1 fully saturated rings. The highest BCUT2D eigenvalue weighted by atomic mass is 19.1. The number of halogens is 1. The van der Waals surface area contributed by atoms with Crippen molar-refractivity contribution < 1.29 is 14.2 Å². The predicted octanol–water partition coefficient (Wildman–Crippen LogP) is 2.19. The Morgan fingerprint density at radius 2 is 2.16 bits per heavy atom. The molecule has 1 saturated carbocycles. The quantitative estimate of drug-likeness (QED) is 0.822. The van der Waals surface area contributed by atoms with Crippen LogP contribution < -0.4 is 0 Å². The molecule has 2 rings (SSSR count). The number of benzene rings is 1. The summed E-state index contributed by atoms with van der Waals surface area (Å²) >= 11 is 0. The molecule has 0 radical (unpaired) electrons. The lowest BCUT2D eigenvalue weighted by molar-refractivity contribution is 0.000452. The van der Waals surface area contributed by atoms with Crippen molar-refractivity contribution in [1.29, 1.82) is 0 Å². The fraction of sp³-hybridized carbons (Fsp3) is 0.600. The van der Waals surface area contributed by atoms with Crippen LogP contribution in [0.25, 0.3) is 0 Å². The predicted molar refractivity (Wildman–Crippen MR) is 72.3 cm³/mol. The molecule has 0 spiro atoms. The highest BCUT2D eigenvalue weighted by Crippen LogP contribution is 2.23. The van der Waals surface area contributed by atoms with E-state index in [1.165, 1.54) is 25.3 Å². The Morgan fingerprint density at radius 3 is 2.79 bits per heavy atom. The van der Waals surface area contributed by atoms with Gasteiger partial charge in [0, 0.05) is 18.2 Å². The van der Waals surface area contributed by atoms with Crippen molar-refractivity contribution in [3.05, 3.63) is 35.6 Å². The molecule has 0 saturated heterocycles. The first-order valence-electron chi connectivity index (χ1n) is 6.86. The van der Waals surface area contributed by atoms with E-state index in [0.29, 0.717) is 18.2 Å². The number of hydrogen-bond acceptors (Lipinski definition) is 3. The molecule has 1 aromatic carbocycles. The molecule has 0 bridgehead atoms. The van der Waals surface area contributed by atoms with Crippen LogP contribution in [0.15, 0.2) is 24.3 Å². The van der Waals surface area contributed by atoms with Gasteiger partial charge in [0.25, 0.3) is 0 Å². The molecule has 0 amide bonds. The lowest BCUT2D eigenvalue weighted by Gasteiger charge is -2.35. The molecular formula is C15H22FNO2. The molecule has 0 aliphatic heterocycles. The number of rotatable bonds is 7. The molecular weight excluding hydrogens is 245 g/mol. The molecule has 3 nitrogen and oxygen atoms in total. The second kappa shape index (κ2) is 6.98. The molecule has 106 valence electrons. The third-order valence-electron chi connectivity index (χ3n) is 3.72. The molecule has 1 aromatic rings. The van der Waals surface area contributed by atoms with Gasteiger partial charge in [-0.15, -0.1) is 0 Å². The van der Waals surface area contributed by atoms with E-state index in [1.54, 1.807) is 18.2 Å². The normalized spacial score (nSPS) is 17.5. The molecule has 19 heavy (non-hydrogen) atoms. The van der Waals surface area contributed by atoms with Crippen molar-refractivity contribution in [1.82, 2.24) is 4.90 Å². The summed E-state index contributed by atoms with van der Waals surface area (Å²) in [6, 6.07) is 7.16. The lowest BCUT2D eigenvalue weighted by Crippen LogP contribution is -2.42. The maximum Gasteiger partial charge on any atom is 0.128 e. The van der Waals surface area contributed by atoms with Crippen molar-refractivity contribution >= 4 is 0 Å². The van der Waals surface area contributed by atoms with Gasteiger partial charge in [-0.05, 0) is 26.0 Å². The monoisotopic (exact) mass is 267 g/mol. The molecule has 1 aliphatic rings. The van der Waals surface area contributed by atoms with Crippen LogP contribution in [0.1, 0.15) is 24.8 Å². The minimum Gasteiger partial charge on any atom is -0.389 e. The van der Waals surface area contributed by atoms with Crippen molar-refractivity contribution in [2.45, 2.75) is 38.0 Å². The van der Waals surface area contributed by atoms with E-state index in [9.17, 15) is 9.50 Å². The number of hydrogen-bond donors (Lipinski definition) is 1. The fourth-order valence-electron chi connectivity index (χ4n) is 2.28. The first kappa shape index (κ1) is 14.4. The lowest BCUT2D eigenvalue weighted by atomic mass is 9.92. The van der Waals surface area contributed by atoms with Crippen LogP contribution >= 0.6 is 0 Å². The van der Waals surface area contributed by atoms with Gasteiger partial charge in [-0.25, -0.2) is 4.39 Å². The summed E-state index contributed by atoms with van der Waals surface area (Å²) in [7, 11) is 2.03. The summed E-state index contributed by atoms with van der Waals surface area (Å²) in [6.07, 6.45) is 3.21. The Balaban J connectivity index is 1.66. The summed E-state index contributed by atoms with van der Waals surface area (Å²) in [5, 5.41) is 9.87. The van der Waals surface area contributed by atoms with E-state index in [2.05, 4.69) is 4.90 Å². The molecule has 0 aromatic heterocycles. The largest absolute Gasteiger partial charge is 0.389 e. The highest BCUT2D eigenvalue weighted by Gasteiger charge is 2.23. The molecule has 0 heterocycles. The van der Waals surface area contributed by atoms with Gasteiger partial charge in [-0.1, -0.05) is 24.6 Å². The van der Waals surface area contributed by atoms with Gasteiger partial charge in [0.2, 0.25) is 0 Å². The summed E-state index contributed by atoms with van der Waals surface area (Å²) in [6.45, 7) is 1.06. The van der Waals surface area contributed by atoms with Gasteiger partial charge in [-0.3, -0.25) is 0 Å². The Kier molecular flexibility index (Phi) is 5.31. The zero-order valence-corrected chi connectivity index (χ0v) is 11.4. The van der Waals surface area contributed by atoms with Crippen LogP contribution in [0.4, 0.5) is 4.39 Å². The van der Waals surface area contributed by atoms with Crippen LogP contribution in [0, 0.1) is 5.82 Å². The zero-order valence-electron chi connectivity index (χ0n) is 11.4. The van der Waals surface area contributed by atoms with E-state index < -0.39 is 6.10 Å². The molecule has 1 unspecified atom stereocenters. The summed E-state index contributed by atoms with van der Waals surface area (Å²) in [5.41, 5.74) is 0.530. The molecule has 1 atom stereocenters. The molecule has 4 heteroatoms. The number of ether oxygens (including phenoxy) is 1. The average Bonchev–Trinajstić information content (AvgIpc) is 2.29. The Hall–Kier alpha value is -0.970. The van der Waals surface area contributed by atoms with Crippen molar-refractivity contribution in [2.24, 2.45) is 0 Å². The minimum absolute atomic E-state index is 0.205. The first-order chi connectivity index (χ1) is 9.16. The molecule has 1 N–H and O–H groups in total. The zero-order chi connectivity index (χ0) is 13.7. The number of likely N-dealkylation sites (N-methyl/N-ethyl adjacent to an activating group) is 1. The SMILES string of the molecule is CN(CC(O)COCc1ccccc1F)C1CCC1. The first-order valence-corrected chi connectivity index (χ1v) is 6.86. The Bertz CT molecular complexity index is 395. The maximum atomic E-state index is 13.3. The maximum absolute atomic E-state index is 13.3. The van der Waals surface area contributed by atoms with Crippen LogP contribution in [-0.2, 0) is 11.3 Å². The number of aliphatic hydroxyl groups is 1. The van der Waals surface area contributed by atoms with Crippen LogP contribution in [0.2, 0.25) is 0 Å². The summed E-state index contributed by atoms with van der Waals surface area (Å²) in [5.74, 6) is -0.261. The van der Waals surface area contributed by atoms with E-state index in [-0.39, 0.29) is 19.0 Å². The Morgan fingerprint density at radius 1 is 1.42 bits per heavy atom. The summed E-state index contributed by atoms with van der Waals surface area (Å²) in [4.78, 5) is 2.18. The summed E-state index contributed by atoms with van der Waals surface area (Å²) < 4.78 is 18.7. The second-order valence-electron chi connectivity index (χ2n) is 5.28. The van der Waals surface area contributed by atoms with Crippen molar-refractivity contribution in [2.75, 3.05) is 20.2 Å². The van der Waals surface area contributed by atoms with Gasteiger partial charge in [0.15, 0.2) is 0 Å². The van der Waals surface area contributed by atoms with Crippen LogP contribution in [0.3, 0.4) is 0 Å². The van der Waals surface area contributed by atoms with Gasteiger partial charge in [0.1, 0.15) is 5.82 Å². The topological polar surface area (TPSA) is 32.7 Å². The van der Waals surface area contributed by atoms with E-state index in [4.69, 9.17) is 4.74 Å². The van der Waals surface area contributed by atoms with E-state index >= 15 is 0 Å². The standard InChI is InChI=1S/C15H22FNO2/c1-17(13-6-4-7-13)9-14(18)11-19-10-12-5-2-3-8-15(12)16/h2-3,5,8,13-14,18H,4,6-7,9-11H2,1H3. The van der Waals surface area contributed by atoms with Gasteiger partial charge in [-0.2, -0.15) is 0 Å². The fourth-order valence-corrected chi connectivity index (χ4v) is 2.28. The van der Waals surface area contributed by atoms with Gasteiger partial charge < -0.3 is 14.7 Å². The smallest absolute Gasteiger partial charge is 0.128 e.